The van der Waals surface area contributed by atoms with Gasteiger partial charge in [-0.1, -0.05) is 30.3 Å². The third-order valence-corrected chi connectivity index (χ3v) is 7.25. The molecule has 32 heavy (non-hydrogen) atoms. The SMILES string of the molecule is Cc1cc2c(cc1C)N(CC(=O)N[C@H]1CCc3ccccc31)C(=O)CC(c1cccs1)=N2. The lowest BCUT2D eigenvalue weighted by Gasteiger charge is -2.24. The van der Waals surface area contributed by atoms with Gasteiger partial charge in [-0.05, 0) is 72.5 Å². The lowest BCUT2D eigenvalue weighted by Crippen LogP contribution is -2.42. The number of nitrogens with one attached hydrogen (secondary N) is 1. The molecule has 0 saturated carbocycles. The third kappa shape index (κ3) is 3.86. The predicted molar refractivity (Wildman–Crippen MR) is 129 cm³/mol. The molecule has 2 aromatic carbocycles. The molecule has 0 bridgehead atoms. The van der Waals surface area contributed by atoms with Gasteiger partial charge in [0.05, 0.1) is 29.5 Å². The fraction of sp³-hybridized carbons (Fsp3) is 0.269. The van der Waals surface area contributed by atoms with E-state index in [9.17, 15) is 9.59 Å². The summed E-state index contributed by atoms with van der Waals surface area (Å²) in [6, 6.07) is 16.2. The van der Waals surface area contributed by atoms with Gasteiger partial charge in [-0.15, -0.1) is 11.3 Å². The number of benzene rings is 2. The summed E-state index contributed by atoms with van der Waals surface area (Å²) in [5, 5.41) is 5.14. The quantitative estimate of drug-likeness (QED) is 0.615. The van der Waals surface area contributed by atoms with Crippen LogP contribution in [-0.2, 0) is 16.0 Å². The van der Waals surface area contributed by atoms with Crippen LogP contribution in [0.5, 0.6) is 0 Å². The van der Waals surface area contributed by atoms with Crippen LogP contribution in [0.1, 0.15) is 46.0 Å². The minimum atomic E-state index is -0.149. The monoisotopic (exact) mass is 443 g/mol. The van der Waals surface area contributed by atoms with Crippen LogP contribution >= 0.6 is 11.3 Å². The van der Waals surface area contributed by atoms with Crippen LogP contribution in [-0.4, -0.2) is 24.1 Å². The molecule has 0 fully saturated rings. The zero-order valence-electron chi connectivity index (χ0n) is 18.2. The molecule has 2 heterocycles. The van der Waals surface area contributed by atoms with E-state index in [1.165, 1.54) is 11.1 Å². The highest BCUT2D eigenvalue weighted by Crippen LogP contribution is 2.36. The molecule has 0 spiro atoms. The highest BCUT2D eigenvalue weighted by atomic mass is 32.1. The first-order valence-electron chi connectivity index (χ1n) is 10.9. The van der Waals surface area contributed by atoms with E-state index in [-0.39, 0.29) is 30.8 Å². The first kappa shape index (κ1) is 20.6. The van der Waals surface area contributed by atoms with Crippen molar-refractivity contribution in [3.63, 3.8) is 0 Å². The second kappa shape index (κ2) is 8.36. The molecule has 3 aromatic rings. The highest BCUT2D eigenvalue weighted by Gasteiger charge is 2.29. The Hall–Kier alpha value is -3.25. The van der Waals surface area contributed by atoms with Gasteiger partial charge in [-0.3, -0.25) is 9.59 Å². The molecule has 5 nitrogen and oxygen atoms in total. The first-order chi connectivity index (χ1) is 15.5. The molecule has 1 N–H and O–H groups in total. The average molecular weight is 444 g/mol. The van der Waals surface area contributed by atoms with Gasteiger partial charge in [-0.25, -0.2) is 4.99 Å². The Bertz CT molecular complexity index is 1230. The van der Waals surface area contributed by atoms with Crippen molar-refractivity contribution in [3.05, 3.63) is 81.0 Å². The van der Waals surface area contributed by atoms with Gasteiger partial charge in [0.1, 0.15) is 6.54 Å². The Morgan fingerprint density at radius 2 is 1.97 bits per heavy atom. The normalized spacial score (nSPS) is 17.4. The van der Waals surface area contributed by atoms with Gasteiger partial charge >= 0.3 is 0 Å². The maximum atomic E-state index is 13.3. The molecule has 1 atom stereocenters. The van der Waals surface area contributed by atoms with Crippen molar-refractivity contribution in [2.75, 3.05) is 11.4 Å². The van der Waals surface area contributed by atoms with E-state index in [2.05, 4.69) is 17.4 Å². The molecule has 0 unspecified atom stereocenters. The summed E-state index contributed by atoms with van der Waals surface area (Å²) >= 11 is 1.57. The summed E-state index contributed by atoms with van der Waals surface area (Å²) < 4.78 is 0. The molecule has 1 aliphatic carbocycles. The molecule has 1 aromatic heterocycles. The standard InChI is InChI=1S/C26H25N3O2S/c1-16-12-21-23(13-17(16)2)29(26(31)14-22(27-21)24-8-5-11-32-24)15-25(30)28-20-10-9-18-6-3-4-7-19(18)20/h3-8,11-13,20H,9-10,14-15H2,1-2H3,(H,28,30)/t20-/m0/s1. The van der Waals surface area contributed by atoms with Crippen molar-refractivity contribution >= 4 is 40.2 Å². The number of hydrogen-bond acceptors (Lipinski definition) is 4. The average Bonchev–Trinajstić information content (AvgIpc) is 3.42. The van der Waals surface area contributed by atoms with Gasteiger partial charge in [0.2, 0.25) is 11.8 Å². The van der Waals surface area contributed by atoms with Crippen LogP contribution in [0.4, 0.5) is 11.4 Å². The number of fused-ring (bicyclic) bond motifs is 2. The third-order valence-electron chi connectivity index (χ3n) is 6.33. The lowest BCUT2D eigenvalue weighted by atomic mass is 10.1. The predicted octanol–water partition coefficient (Wildman–Crippen LogP) is 5.03. The maximum Gasteiger partial charge on any atom is 0.240 e. The van der Waals surface area contributed by atoms with Gasteiger partial charge in [0, 0.05) is 4.88 Å². The van der Waals surface area contributed by atoms with Crippen LogP contribution < -0.4 is 10.2 Å². The number of aryl methyl sites for hydroxylation is 3. The Morgan fingerprint density at radius 1 is 1.16 bits per heavy atom. The number of amides is 2. The van der Waals surface area contributed by atoms with E-state index in [0.29, 0.717) is 5.69 Å². The molecular weight excluding hydrogens is 418 g/mol. The van der Waals surface area contributed by atoms with E-state index in [1.54, 1.807) is 16.2 Å². The van der Waals surface area contributed by atoms with Crippen molar-refractivity contribution < 1.29 is 9.59 Å². The first-order valence-corrected chi connectivity index (χ1v) is 11.8. The number of thiophene rings is 1. The van der Waals surface area contributed by atoms with Crippen LogP contribution in [0, 0.1) is 13.8 Å². The largest absolute Gasteiger partial charge is 0.348 e. The maximum absolute atomic E-state index is 13.3. The van der Waals surface area contributed by atoms with Crippen LogP contribution in [0.25, 0.3) is 0 Å². The van der Waals surface area contributed by atoms with E-state index in [4.69, 9.17) is 4.99 Å². The molecule has 5 rings (SSSR count). The van der Waals surface area contributed by atoms with Crippen molar-refractivity contribution in [2.24, 2.45) is 4.99 Å². The second-order valence-electron chi connectivity index (χ2n) is 8.48. The van der Waals surface area contributed by atoms with Gasteiger partial charge in [-0.2, -0.15) is 0 Å². The number of carbonyl (C=O) groups excluding carboxylic acids is 2. The molecule has 162 valence electrons. The van der Waals surface area contributed by atoms with Crippen molar-refractivity contribution in [3.8, 4) is 0 Å². The van der Waals surface area contributed by atoms with Crippen molar-refractivity contribution in [2.45, 2.75) is 39.2 Å². The van der Waals surface area contributed by atoms with Gasteiger partial charge in [0.25, 0.3) is 0 Å². The lowest BCUT2D eigenvalue weighted by molar-refractivity contribution is -0.123. The summed E-state index contributed by atoms with van der Waals surface area (Å²) in [7, 11) is 0. The molecule has 2 amide bonds. The van der Waals surface area contributed by atoms with Gasteiger partial charge in [0.15, 0.2) is 0 Å². The number of carbonyl (C=O) groups is 2. The summed E-state index contributed by atoms with van der Waals surface area (Å²) in [5.41, 5.74) is 6.84. The summed E-state index contributed by atoms with van der Waals surface area (Å²) in [5.74, 6) is -0.259. The number of hydrogen-bond donors (Lipinski definition) is 1. The number of nitrogens with zero attached hydrogens (tertiary/aromatic N) is 2. The molecule has 6 heteroatoms. The van der Waals surface area contributed by atoms with Crippen molar-refractivity contribution in [1.29, 1.82) is 0 Å². The Kier molecular flexibility index (Phi) is 5.39. The number of rotatable bonds is 4. The minimum Gasteiger partial charge on any atom is -0.348 e. The topological polar surface area (TPSA) is 61.8 Å². The van der Waals surface area contributed by atoms with Crippen LogP contribution in [0.3, 0.4) is 0 Å². The van der Waals surface area contributed by atoms with E-state index in [1.807, 2.05) is 55.6 Å². The smallest absolute Gasteiger partial charge is 0.240 e. The number of aliphatic imine (C=N–C) groups is 1. The molecule has 0 radical (unpaired) electrons. The minimum absolute atomic E-state index is 0.00191. The van der Waals surface area contributed by atoms with Crippen LogP contribution in [0.15, 0.2) is 58.9 Å². The molecule has 0 saturated heterocycles. The van der Waals surface area contributed by atoms with E-state index >= 15 is 0 Å². The summed E-state index contributed by atoms with van der Waals surface area (Å²) in [6.07, 6.45) is 2.02. The van der Waals surface area contributed by atoms with E-state index < -0.39 is 0 Å². The Morgan fingerprint density at radius 3 is 2.78 bits per heavy atom. The van der Waals surface area contributed by atoms with Crippen LogP contribution in [0.2, 0.25) is 0 Å². The highest BCUT2D eigenvalue weighted by molar-refractivity contribution is 7.12. The summed E-state index contributed by atoms with van der Waals surface area (Å²) in [6.45, 7) is 4.04. The number of anilines is 1. The van der Waals surface area contributed by atoms with Crippen molar-refractivity contribution in [1.82, 2.24) is 5.32 Å². The fourth-order valence-corrected chi connectivity index (χ4v) is 5.21. The fourth-order valence-electron chi connectivity index (χ4n) is 4.50. The molecule has 1 aliphatic heterocycles. The van der Waals surface area contributed by atoms with Gasteiger partial charge < -0.3 is 10.2 Å². The van der Waals surface area contributed by atoms with E-state index in [0.717, 1.165) is 40.2 Å². The Balaban J connectivity index is 1.43. The Labute approximate surface area is 191 Å². The zero-order chi connectivity index (χ0) is 22.2. The molecular formula is C26H25N3O2S. The molecule has 2 aliphatic rings. The second-order valence-corrected chi connectivity index (χ2v) is 9.42. The zero-order valence-corrected chi connectivity index (χ0v) is 19.0. The summed E-state index contributed by atoms with van der Waals surface area (Å²) in [4.78, 5) is 33.8.